The molecule has 0 saturated carbocycles. The van der Waals surface area contributed by atoms with Crippen LogP contribution < -0.4 is 4.74 Å². The van der Waals surface area contributed by atoms with Crippen molar-refractivity contribution in [3.63, 3.8) is 0 Å². The summed E-state index contributed by atoms with van der Waals surface area (Å²) in [5, 5.41) is 0. The van der Waals surface area contributed by atoms with E-state index >= 15 is 0 Å². The molecule has 0 aliphatic carbocycles. The lowest BCUT2D eigenvalue weighted by molar-refractivity contribution is -0.132. The number of nitrogens with zero attached hydrogens (tertiary/aromatic N) is 3. The number of benzene rings is 2. The molecule has 36 heavy (non-hydrogen) atoms. The van der Waals surface area contributed by atoms with Gasteiger partial charge in [0, 0.05) is 25.1 Å². The summed E-state index contributed by atoms with van der Waals surface area (Å²) in [5.41, 5.74) is 3.77. The highest BCUT2D eigenvalue weighted by Gasteiger charge is 2.22. The largest absolute Gasteiger partial charge is 0.466 e. The summed E-state index contributed by atoms with van der Waals surface area (Å²) < 4.78 is 41.6. The maximum Gasteiger partial charge on any atom is 0.309 e. The molecule has 8 heteroatoms. The van der Waals surface area contributed by atoms with Gasteiger partial charge in [-0.15, -0.1) is 0 Å². The van der Waals surface area contributed by atoms with Gasteiger partial charge in [-0.1, -0.05) is 30.3 Å². The van der Waals surface area contributed by atoms with Crippen LogP contribution in [0.2, 0.25) is 0 Å². The number of fused-ring (bicyclic) bond motifs is 1. The normalized spacial score (nSPS) is 11.2. The number of carbonyl (C=O) groups excluding carboxylic acids is 1. The van der Waals surface area contributed by atoms with Crippen LogP contribution in [-0.4, -0.2) is 20.3 Å². The van der Waals surface area contributed by atoms with Gasteiger partial charge in [-0.05, 0) is 49.2 Å². The molecular weight excluding hydrogens is 464 g/mol. The molecule has 0 N–H and O–H groups in total. The maximum atomic E-state index is 14.6. The quantitative estimate of drug-likeness (QED) is 0.275. The van der Waals surface area contributed by atoms with Gasteiger partial charge < -0.3 is 9.15 Å². The number of aryl methyl sites for hydroxylation is 2. The van der Waals surface area contributed by atoms with Gasteiger partial charge in [0.1, 0.15) is 28.8 Å². The molecule has 182 valence electrons. The monoisotopic (exact) mass is 487 g/mol. The molecule has 6 nitrogen and oxygen atoms in total. The van der Waals surface area contributed by atoms with Crippen molar-refractivity contribution >= 4 is 11.6 Å². The fourth-order valence-corrected chi connectivity index (χ4v) is 4.12. The molecule has 0 atom stereocenters. The Labute approximate surface area is 206 Å². The Balaban J connectivity index is 1.72. The van der Waals surface area contributed by atoms with Crippen LogP contribution in [0.3, 0.4) is 0 Å². The van der Waals surface area contributed by atoms with Gasteiger partial charge in [-0.3, -0.25) is 9.20 Å². The SMILES string of the molecule is CC(=O)Oc1c(Cc2cc(C)c(C)o2)nc2c(Cc3cc(F)ccc3F)nc(-c3ccccc3)cn12. The molecule has 0 unspecified atom stereocenters. The van der Waals surface area contributed by atoms with Crippen molar-refractivity contribution in [2.24, 2.45) is 0 Å². The van der Waals surface area contributed by atoms with Crippen LogP contribution in [0.15, 0.2) is 65.2 Å². The lowest BCUT2D eigenvalue weighted by atomic mass is 10.1. The van der Waals surface area contributed by atoms with Crippen LogP contribution in [0, 0.1) is 25.5 Å². The zero-order chi connectivity index (χ0) is 25.4. The van der Waals surface area contributed by atoms with E-state index in [-0.39, 0.29) is 24.3 Å². The van der Waals surface area contributed by atoms with Crippen LogP contribution in [0.5, 0.6) is 5.88 Å². The third-order valence-corrected chi connectivity index (χ3v) is 5.93. The second-order valence-electron chi connectivity index (χ2n) is 8.63. The summed E-state index contributed by atoms with van der Waals surface area (Å²) in [6.45, 7) is 5.13. The third-order valence-electron chi connectivity index (χ3n) is 5.93. The number of hydrogen-bond acceptors (Lipinski definition) is 5. The molecule has 2 aromatic carbocycles. The van der Waals surface area contributed by atoms with Crippen molar-refractivity contribution in [1.29, 1.82) is 0 Å². The van der Waals surface area contributed by atoms with Gasteiger partial charge in [-0.25, -0.2) is 18.7 Å². The molecule has 0 radical (unpaired) electrons. The molecule has 0 aliphatic rings. The van der Waals surface area contributed by atoms with Crippen LogP contribution in [-0.2, 0) is 17.6 Å². The van der Waals surface area contributed by atoms with E-state index in [0.29, 0.717) is 28.5 Å². The van der Waals surface area contributed by atoms with E-state index in [0.717, 1.165) is 35.1 Å². The predicted molar refractivity (Wildman–Crippen MR) is 130 cm³/mol. The van der Waals surface area contributed by atoms with E-state index in [9.17, 15) is 13.6 Å². The van der Waals surface area contributed by atoms with Crippen LogP contribution in [0.4, 0.5) is 8.78 Å². The Hall–Kier alpha value is -4.33. The first-order valence-electron chi connectivity index (χ1n) is 11.4. The van der Waals surface area contributed by atoms with Crippen LogP contribution >= 0.6 is 0 Å². The summed E-state index contributed by atoms with van der Waals surface area (Å²) in [4.78, 5) is 21.5. The van der Waals surface area contributed by atoms with Crippen LogP contribution in [0.25, 0.3) is 16.9 Å². The standard InChI is InChI=1S/C28H23F2N3O3/c1-16-11-22(35-17(16)2)14-25-28(36-18(3)34)33-15-26(19-7-5-4-6-8-19)31-24(27(33)32-25)13-20-12-21(29)9-10-23(20)30/h4-12,15H,13-14H2,1-3H3. The number of hydrogen-bond donors (Lipinski definition) is 0. The smallest absolute Gasteiger partial charge is 0.309 e. The van der Waals surface area contributed by atoms with E-state index < -0.39 is 17.6 Å². The number of esters is 1. The Morgan fingerprint density at radius 2 is 1.78 bits per heavy atom. The van der Waals surface area contributed by atoms with E-state index in [1.165, 1.54) is 6.92 Å². The van der Waals surface area contributed by atoms with E-state index in [1.54, 1.807) is 10.6 Å². The fourth-order valence-electron chi connectivity index (χ4n) is 4.12. The van der Waals surface area contributed by atoms with Crippen LogP contribution in [0.1, 0.15) is 41.0 Å². The van der Waals surface area contributed by atoms with Crippen molar-refractivity contribution in [2.45, 2.75) is 33.6 Å². The number of ether oxygens (including phenoxy) is 1. The zero-order valence-corrected chi connectivity index (χ0v) is 20.0. The summed E-state index contributed by atoms with van der Waals surface area (Å²) >= 11 is 0. The zero-order valence-electron chi connectivity index (χ0n) is 20.0. The van der Waals surface area contributed by atoms with Gasteiger partial charge in [-0.2, -0.15) is 0 Å². The Morgan fingerprint density at radius 3 is 2.47 bits per heavy atom. The molecule has 5 rings (SSSR count). The predicted octanol–water partition coefficient (Wildman–Crippen LogP) is 5.99. The lowest BCUT2D eigenvalue weighted by Gasteiger charge is -2.10. The molecule has 5 aromatic rings. The highest BCUT2D eigenvalue weighted by molar-refractivity contribution is 5.71. The summed E-state index contributed by atoms with van der Waals surface area (Å²) in [6, 6.07) is 14.6. The molecule has 0 spiro atoms. The van der Waals surface area contributed by atoms with Gasteiger partial charge >= 0.3 is 5.97 Å². The Bertz CT molecular complexity index is 1570. The minimum Gasteiger partial charge on any atom is -0.466 e. The molecule has 3 aromatic heterocycles. The second-order valence-corrected chi connectivity index (χ2v) is 8.63. The average molecular weight is 488 g/mol. The molecule has 3 heterocycles. The molecule has 0 fully saturated rings. The molecular formula is C28H23F2N3O3. The van der Waals surface area contributed by atoms with Gasteiger partial charge in [0.2, 0.25) is 5.88 Å². The van der Waals surface area contributed by atoms with Gasteiger partial charge in [0.25, 0.3) is 0 Å². The van der Waals surface area contributed by atoms with Crippen molar-refractivity contribution < 1.29 is 22.7 Å². The first kappa shape index (κ1) is 23.4. The number of furan rings is 1. The van der Waals surface area contributed by atoms with Gasteiger partial charge in [0.15, 0.2) is 5.65 Å². The van der Waals surface area contributed by atoms with Gasteiger partial charge in [0.05, 0.1) is 17.8 Å². The highest BCUT2D eigenvalue weighted by Crippen LogP contribution is 2.30. The van der Waals surface area contributed by atoms with E-state index in [2.05, 4.69) is 0 Å². The first-order chi connectivity index (χ1) is 17.3. The van der Waals surface area contributed by atoms with E-state index in [4.69, 9.17) is 19.1 Å². The third kappa shape index (κ3) is 4.62. The number of aromatic nitrogens is 3. The number of carbonyl (C=O) groups is 1. The molecule has 0 aliphatic heterocycles. The molecule has 0 saturated heterocycles. The Morgan fingerprint density at radius 1 is 1.00 bits per heavy atom. The van der Waals surface area contributed by atoms with Crippen molar-refractivity contribution in [3.05, 3.63) is 106 Å². The summed E-state index contributed by atoms with van der Waals surface area (Å²) in [7, 11) is 0. The highest BCUT2D eigenvalue weighted by atomic mass is 19.1. The van der Waals surface area contributed by atoms with Crippen molar-refractivity contribution in [2.75, 3.05) is 0 Å². The molecule has 0 bridgehead atoms. The first-order valence-corrected chi connectivity index (χ1v) is 11.4. The number of imidazole rings is 1. The fraction of sp³-hybridized carbons (Fsp3) is 0.179. The maximum absolute atomic E-state index is 14.6. The van der Waals surface area contributed by atoms with E-state index in [1.807, 2.05) is 50.2 Å². The minimum absolute atomic E-state index is 0.0112. The van der Waals surface area contributed by atoms with Crippen molar-refractivity contribution in [1.82, 2.24) is 14.4 Å². The minimum atomic E-state index is -0.546. The number of rotatable bonds is 6. The second kappa shape index (κ2) is 9.37. The topological polar surface area (TPSA) is 69.6 Å². The summed E-state index contributed by atoms with van der Waals surface area (Å²) in [5.74, 6) is 0.0732. The summed E-state index contributed by atoms with van der Waals surface area (Å²) in [6.07, 6.45) is 1.99. The number of halogens is 2. The van der Waals surface area contributed by atoms with Crippen molar-refractivity contribution in [3.8, 4) is 17.1 Å². The lowest BCUT2D eigenvalue weighted by Crippen LogP contribution is -2.07. The average Bonchev–Trinajstić information content (AvgIpc) is 3.35. The Kier molecular flexibility index (Phi) is 6.10. The molecule has 0 amide bonds.